The number of hydrogen-bond acceptors (Lipinski definition) is 4. The van der Waals surface area contributed by atoms with Gasteiger partial charge in [-0.1, -0.05) is 51.5 Å². The molecular formula is C19H25N3O2. The van der Waals surface area contributed by atoms with E-state index in [-0.39, 0.29) is 18.4 Å². The van der Waals surface area contributed by atoms with E-state index in [4.69, 9.17) is 5.11 Å². The molecule has 5 heteroatoms. The van der Waals surface area contributed by atoms with Gasteiger partial charge in [-0.15, -0.1) is 0 Å². The van der Waals surface area contributed by atoms with Crippen LogP contribution in [0, 0.1) is 5.92 Å². The van der Waals surface area contributed by atoms with Gasteiger partial charge in [-0.2, -0.15) is 0 Å². The summed E-state index contributed by atoms with van der Waals surface area (Å²) in [7, 11) is 0. The Morgan fingerprint density at radius 2 is 1.96 bits per heavy atom. The highest BCUT2D eigenvalue weighted by atomic mass is 16.3. The zero-order chi connectivity index (χ0) is 17.5. The molecule has 0 aliphatic rings. The standard InChI is InChI=1S/C19H25N3O2/c1-4-6-16-18(22-19(24)13(3)5-2)20-11-17(21-16)15-9-7-14(12-23)8-10-15/h7-11,13,23H,4-6,12H2,1-3H3,(H,20,22,24). The molecule has 0 fully saturated rings. The molecule has 24 heavy (non-hydrogen) atoms. The molecule has 1 amide bonds. The van der Waals surface area contributed by atoms with Crippen molar-refractivity contribution in [3.05, 3.63) is 41.7 Å². The summed E-state index contributed by atoms with van der Waals surface area (Å²) in [6.45, 7) is 5.99. The van der Waals surface area contributed by atoms with Crippen LogP contribution in [0.3, 0.4) is 0 Å². The lowest BCUT2D eigenvalue weighted by Crippen LogP contribution is -2.21. The molecule has 0 bridgehead atoms. The number of nitrogens with one attached hydrogen (secondary N) is 1. The van der Waals surface area contributed by atoms with Gasteiger partial charge in [-0.05, 0) is 18.4 Å². The lowest BCUT2D eigenvalue weighted by Gasteiger charge is -2.13. The number of aromatic nitrogens is 2. The van der Waals surface area contributed by atoms with Crippen molar-refractivity contribution in [2.75, 3.05) is 5.32 Å². The fourth-order valence-electron chi connectivity index (χ4n) is 2.29. The summed E-state index contributed by atoms with van der Waals surface area (Å²) in [6, 6.07) is 7.58. The minimum atomic E-state index is -0.0491. The second kappa shape index (κ2) is 8.55. The summed E-state index contributed by atoms with van der Waals surface area (Å²) in [5, 5.41) is 12.0. The number of hydrogen-bond donors (Lipinski definition) is 2. The molecule has 0 saturated carbocycles. The number of rotatable bonds is 7. The van der Waals surface area contributed by atoms with Gasteiger partial charge in [0.2, 0.25) is 5.91 Å². The van der Waals surface area contributed by atoms with Gasteiger partial charge in [0.05, 0.1) is 24.2 Å². The third-order valence-corrected chi connectivity index (χ3v) is 4.07. The molecule has 1 aromatic carbocycles. The minimum Gasteiger partial charge on any atom is -0.392 e. The second-order valence-corrected chi connectivity index (χ2v) is 5.95. The lowest BCUT2D eigenvalue weighted by atomic mass is 10.1. The smallest absolute Gasteiger partial charge is 0.228 e. The number of aryl methyl sites for hydroxylation is 1. The van der Waals surface area contributed by atoms with Crippen molar-refractivity contribution in [2.24, 2.45) is 5.92 Å². The maximum atomic E-state index is 12.1. The molecule has 5 nitrogen and oxygen atoms in total. The fourth-order valence-corrected chi connectivity index (χ4v) is 2.29. The number of anilines is 1. The summed E-state index contributed by atoms with van der Waals surface area (Å²) in [4.78, 5) is 21.2. The molecule has 1 aromatic heterocycles. The maximum absolute atomic E-state index is 12.1. The Kier molecular flexibility index (Phi) is 6.44. The number of aliphatic hydroxyl groups excluding tert-OH is 1. The average molecular weight is 327 g/mol. The van der Waals surface area contributed by atoms with E-state index in [1.54, 1.807) is 6.20 Å². The zero-order valence-corrected chi connectivity index (χ0v) is 14.5. The van der Waals surface area contributed by atoms with Crippen molar-refractivity contribution in [2.45, 2.75) is 46.6 Å². The molecule has 1 atom stereocenters. The van der Waals surface area contributed by atoms with Gasteiger partial charge in [-0.3, -0.25) is 4.79 Å². The average Bonchev–Trinajstić information content (AvgIpc) is 2.62. The van der Waals surface area contributed by atoms with Gasteiger partial charge in [0.15, 0.2) is 5.82 Å². The van der Waals surface area contributed by atoms with Crippen molar-refractivity contribution in [1.82, 2.24) is 9.97 Å². The summed E-state index contributed by atoms with van der Waals surface area (Å²) in [5.41, 5.74) is 3.37. The molecular weight excluding hydrogens is 302 g/mol. The van der Waals surface area contributed by atoms with Crippen LogP contribution in [0.1, 0.15) is 44.9 Å². The Balaban J connectivity index is 2.29. The van der Waals surface area contributed by atoms with Gasteiger partial charge in [0.1, 0.15) is 0 Å². The number of carbonyl (C=O) groups excluding carboxylic acids is 1. The van der Waals surface area contributed by atoms with Crippen LogP contribution < -0.4 is 5.32 Å². The highest BCUT2D eigenvalue weighted by molar-refractivity contribution is 5.91. The summed E-state index contributed by atoms with van der Waals surface area (Å²) >= 11 is 0. The Hall–Kier alpha value is -2.27. The monoisotopic (exact) mass is 327 g/mol. The van der Waals surface area contributed by atoms with Crippen LogP contribution in [0.5, 0.6) is 0 Å². The first kappa shape index (κ1) is 18.1. The predicted octanol–water partition coefficient (Wildman–Crippen LogP) is 3.57. The van der Waals surface area contributed by atoms with Gasteiger partial charge in [-0.25, -0.2) is 9.97 Å². The van der Waals surface area contributed by atoms with Crippen LogP contribution in [0.4, 0.5) is 5.82 Å². The molecule has 0 aliphatic carbocycles. The van der Waals surface area contributed by atoms with Gasteiger partial charge in [0.25, 0.3) is 0 Å². The van der Waals surface area contributed by atoms with E-state index in [2.05, 4.69) is 22.2 Å². The topological polar surface area (TPSA) is 75.1 Å². The van der Waals surface area contributed by atoms with Crippen molar-refractivity contribution in [3.63, 3.8) is 0 Å². The predicted molar refractivity (Wildman–Crippen MR) is 95.5 cm³/mol. The van der Waals surface area contributed by atoms with Crippen LogP contribution in [-0.4, -0.2) is 21.0 Å². The first-order chi connectivity index (χ1) is 11.6. The summed E-state index contributed by atoms with van der Waals surface area (Å²) in [6.07, 6.45) is 4.15. The van der Waals surface area contributed by atoms with Crippen LogP contribution in [0.25, 0.3) is 11.3 Å². The molecule has 0 spiro atoms. The molecule has 2 rings (SSSR count). The Labute approximate surface area is 143 Å². The highest BCUT2D eigenvalue weighted by Crippen LogP contribution is 2.21. The third-order valence-electron chi connectivity index (χ3n) is 4.07. The summed E-state index contributed by atoms with van der Waals surface area (Å²) in [5.74, 6) is 0.481. The SMILES string of the molecule is CCCc1nc(-c2ccc(CO)cc2)cnc1NC(=O)C(C)CC. The molecule has 0 aliphatic heterocycles. The molecule has 1 unspecified atom stereocenters. The number of aliphatic hydroxyl groups is 1. The Morgan fingerprint density at radius 1 is 1.25 bits per heavy atom. The van der Waals surface area contributed by atoms with Crippen molar-refractivity contribution >= 4 is 11.7 Å². The highest BCUT2D eigenvalue weighted by Gasteiger charge is 2.15. The van der Waals surface area contributed by atoms with Crippen LogP contribution in [0.15, 0.2) is 30.5 Å². The van der Waals surface area contributed by atoms with Crippen molar-refractivity contribution in [3.8, 4) is 11.3 Å². The maximum Gasteiger partial charge on any atom is 0.228 e. The van der Waals surface area contributed by atoms with Gasteiger partial charge in [0, 0.05) is 11.5 Å². The largest absolute Gasteiger partial charge is 0.392 e. The number of amides is 1. The number of carbonyl (C=O) groups is 1. The quantitative estimate of drug-likeness (QED) is 0.815. The van der Waals surface area contributed by atoms with E-state index < -0.39 is 0 Å². The van der Waals surface area contributed by atoms with E-state index >= 15 is 0 Å². The van der Waals surface area contributed by atoms with Crippen LogP contribution in [0.2, 0.25) is 0 Å². The van der Waals surface area contributed by atoms with E-state index in [0.29, 0.717) is 5.82 Å². The molecule has 0 radical (unpaired) electrons. The van der Waals surface area contributed by atoms with Crippen LogP contribution in [-0.2, 0) is 17.8 Å². The summed E-state index contributed by atoms with van der Waals surface area (Å²) < 4.78 is 0. The number of nitrogens with zero attached hydrogens (tertiary/aromatic N) is 2. The lowest BCUT2D eigenvalue weighted by molar-refractivity contribution is -0.119. The molecule has 1 heterocycles. The molecule has 2 aromatic rings. The molecule has 128 valence electrons. The first-order valence-corrected chi connectivity index (χ1v) is 8.46. The van der Waals surface area contributed by atoms with E-state index in [9.17, 15) is 4.79 Å². The fraction of sp³-hybridized carbons (Fsp3) is 0.421. The minimum absolute atomic E-state index is 0.0215. The van der Waals surface area contributed by atoms with Crippen LogP contribution >= 0.6 is 0 Å². The van der Waals surface area contributed by atoms with Crippen molar-refractivity contribution in [1.29, 1.82) is 0 Å². The van der Waals surface area contributed by atoms with Crippen molar-refractivity contribution < 1.29 is 9.90 Å². The van der Waals surface area contributed by atoms with Gasteiger partial charge >= 0.3 is 0 Å². The third kappa shape index (κ3) is 4.38. The first-order valence-electron chi connectivity index (χ1n) is 8.46. The Bertz CT molecular complexity index is 684. The van der Waals surface area contributed by atoms with Gasteiger partial charge < -0.3 is 10.4 Å². The molecule has 0 saturated heterocycles. The normalized spacial score (nSPS) is 12.0. The molecule has 2 N–H and O–H groups in total. The van der Waals surface area contributed by atoms with E-state index in [1.807, 2.05) is 38.1 Å². The zero-order valence-electron chi connectivity index (χ0n) is 14.5. The number of benzene rings is 1. The van der Waals surface area contributed by atoms with E-state index in [1.165, 1.54) is 0 Å². The van der Waals surface area contributed by atoms with E-state index in [0.717, 1.165) is 41.8 Å². The second-order valence-electron chi connectivity index (χ2n) is 5.95. The Morgan fingerprint density at radius 3 is 2.54 bits per heavy atom.